The van der Waals surface area contributed by atoms with Crippen molar-refractivity contribution in [3.63, 3.8) is 0 Å². The van der Waals surface area contributed by atoms with Crippen LogP contribution >= 0.6 is 11.6 Å². The van der Waals surface area contributed by atoms with Gasteiger partial charge in [0.2, 0.25) is 5.82 Å². The van der Waals surface area contributed by atoms with Gasteiger partial charge in [0, 0.05) is 34.8 Å². The second-order valence-electron chi connectivity index (χ2n) is 7.29. The molecule has 2 aromatic carbocycles. The van der Waals surface area contributed by atoms with E-state index < -0.39 is 5.97 Å². The minimum absolute atomic E-state index is 0.0135. The zero-order chi connectivity index (χ0) is 22.0. The van der Waals surface area contributed by atoms with Crippen LogP contribution in [0.1, 0.15) is 26.0 Å². The Balaban J connectivity index is 1.69. The van der Waals surface area contributed by atoms with Gasteiger partial charge in [0.05, 0.1) is 17.5 Å². The lowest BCUT2D eigenvalue weighted by Gasteiger charge is -2.11. The van der Waals surface area contributed by atoms with Crippen LogP contribution in [0.25, 0.3) is 33.6 Å². The second kappa shape index (κ2) is 8.73. The van der Waals surface area contributed by atoms with Gasteiger partial charge in [-0.25, -0.2) is 0 Å². The largest absolute Gasteiger partial charge is 0.489 e. The van der Waals surface area contributed by atoms with Crippen LogP contribution in [0.15, 0.2) is 53.2 Å². The van der Waals surface area contributed by atoms with Crippen molar-refractivity contribution in [2.75, 3.05) is 0 Å². The highest BCUT2D eigenvalue weighted by Crippen LogP contribution is 2.33. The van der Waals surface area contributed by atoms with Gasteiger partial charge in [-0.15, -0.1) is 0 Å². The van der Waals surface area contributed by atoms with Crippen LogP contribution in [0.4, 0.5) is 0 Å². The number of benzene rings is 2. The number of hydrogen-bond donors (Lipinski definition) is 1. The molecule has 2 aromatic heterocycles. The lowest BCUT2D eigenvalue weighted by molar-refractivity contribution is -0.136. The lowest BCUT2D eigenvalue weighted by atomic mass is 10.0. The van der Waals surface area contributed by atoms with Crippen molar-refractivity contribution < 1.29 is 19.2 Å². The third kappa shape index (κ3) is 4.51. The lowest BCUT2D eigenvalue weighted by Crippen LogP contribution is -2.05. The Bertz CT molecular complexity index is 1250. The molecule has 158 valence electrons. The fraction of sp³-hybridized carbons (Fsp3) is 0.217. The molecule has 4 aromatic rings. The second-order valence-corrected chi connectivity index (χ2v) is 7.69. The zero-order valence-electron chi connectivity index (χ0n) is 17.0. The number of fused-ring (bicyclic) bond motifs is 1. The quantitative estimate of drug-likeness (QED) is 0.412. The van der Waals surface area contributed by atoms with E-state index in [9.17, 15) is 4.79 Å². The van der Waals surface area contributed by atoms with Gasteiger partial charge >= 0.3 is 5.97 Å². The molecule has 4 rings (SSSR count). The summed E-state index contributed by atoms with van der Waals surface area (Å²) in [4.78, 5) is 19.8. The SMILES string of the molecule is CC(C)Oc1ccc(-c2nc(-c3cccc4c(CCC(=O)O)nccc34)no2)cc1Cl. The molecule has 0 aliphatic rings. The summed E-state index contributed by atoms with van der Waals surface area (Å²) in [6, 6.07) is 12.9. The van der Waals surface area contributed by atoms with E-state index >= 15 is 0 Å². The molecular weight excluding hydrogens is 418 g/mol. The summed E-state index contributed by atoms with van der Waals surface area (Å²) in [7, 11) is 0. The van der Waals surface area contributed by atoms with E-state index in [1.165, 1.54) is 0 Å². The number of hydrogen-bond acceptors (Lipinski definition) is 6. The van der Waals surface area contributed by atoms with E-state index in [1.807, 2.05) is 44.2 Å². The Morgan fingerprint density at radius 1 is 1.19 bits per heavy atom. The number of carboxylic acid groups (broad SMARTS) is 1. The van der Waals surface area contributed by atoms with Crippen LogP contribution in [0.5, 0.6) is 5.75 Å². The van der Waals surface area contributed by atoms with Gasteiger partial charge in [0.1, 0.15) is 5.75 Å². The zero-order valence-corrected chi connectivity index (χ0v) is 17.8. The molecule has 0 aliphatic heterocycles. The first kappa shape index (κ1) is 20.8. The number of ether oxygens (including phenoxy) is 1. The first-order valence-electron chi connectivity index (χ1n) is 9.81. The molecule has 0 spiro atoms. The van der Waals surface area contributed by atoms with Crippen LogP contribution in [-0.4, -0.2) is 32.3 Å². The predicted octanol–water partition coefficient (Wildman–Crippen LogP) is 5.41. The highest BCUT2D eigenvalue weighted by Gasteiger charge is 2.16. The number of carboxylic acids is 1. The third-order valence-electron chi connectivity index (χ3n) is 4.67. The van der Waals surface area contributed by atoms with Crippen LogP contribution in [0.2, 0.25) is 5.02 Å². The molecular formula is C23H20ClN3O4. The fourth-order valence-electron chi connectivity index (χ4n) is 3.32. The summed E-state index contributed by atoms with van der Waals surface area (Å²) in [6.07, 6.45) is 2.04. The molecule has 0 saturated carbocycles. The van der Waals surface area contributed by atoms with Crippen molar-refractivity contribution in [2.45, 2.75) is 32.8 Å². The topological polar surface area (TPSA) is 98.3 Å². The number of nitrogens with zero attached hydrogens (tertiary/aromatic N) is 3. The minimum Gasteiger partial charge on any atom is -0.489 e. The maximum atomic E-state index is 11.0. The monoisotopic (exact) mass is 437 g/mol. The number of rotatable bonds is 7. The number of aliphatic carboxylic acids is 1. The van der Waals surface area contributed by atoms with Crippen molar-refractivity contribution >= 4 is 28.3 Å². The summed E-state index contributed by atoms with van der Waals surface area (Å²) < 4.78 is 11.1. The first-order valence-corrected chi connectivity index (χ1v) is 10.2. The molecule has 0 saturated heterocycles. The average molecular weight is 438 g/mol. The van der Waals surface area contributed by atoms with E-state index in [2.05, 4.69) is 15.1 Å². The molecule has 2 heterocycles. The maximum absolute atomic E-state index is 11.0. The summed E-state index contributed by atoms with van der Waals surface area (Å²) in [5.41, 5.74) is 2.18. The Morgan fingerprint density at radius 2 is 2.03 bits per heavy atom. The molecule has 0 atom stereocenters. The van der Waals surface area contributed by atoms with Gasteiger partial charge < -0.3 is 14.4 Å². The van der Waals surface area contributed by atoms with Crippen molar-refractivity contribution in [3.05, 3.63) is 59.4 Å². The molecule has 8 heteroatoms. The van der Waals surface area contributed by atoms with Gasteiger partial charge in [-0.1, -0.05) is 35.0 Å². The standard InChI is InChI=1S/C23H20ClN3O4/c1-13(2)30-20-8-6-14(12-18(20)24)23-26-22(27-31-23)17-5-3-4-16-15(17)10-11-25-19(16)7-9-21(28)29/h3-6,8,10-13H,7,9H2,1-2H3,(H,28,29). The van der Waals surface area contributed by atoms with Gasteiger partial charge in [0.15, 0.2) is 0 Å². The summed E-state index contributed by atoms with van der Waals surface area (Å²) in [5.74, 6) is 0.497. The van der Waals surface area contributed by atoms with Crippen LogP contribution < -0.4 is 4.74 Å². The first-order chi connectivity index (χ1) is 14.9. The number of aromatic nitrogens is 3. The summed E-state index contributed by atoms with van der Waals surface area (Å²) >= 11 is 6.33. The highest BCUT2D eigenvalue weighted by atomic mass is 35.5. The summed E-state index contributed by atoms with van der Waals surface area (Å²) in [6.45, 7) is 3.86. The van der Waals surface area contributed by atoms with Gasteiger partial charge in [-0.3, -0.25) is 9.78 Å². The number of carbonyl (C=O) groups is 1. The van der Waals surface area contributed by atoms with E-state index in [0.29, 0.717) is 34.5 Å². The molecule has 0 amide bonds. The molecule has 0 unspecified atom stereocenters. The molecule has 31 heavy (non-hydrogen) atoms. The Labute approximate surface area is 183 Å². The van der Waals surface area contributed by atoms with Crippen LogP contribution in [0, 0.1) is 0 Å². The Morgan fingerprint density at radius 3 is 2.77 bits per heavy atom. The van der Waals surface area contributed by atoms with E-state index in [4.69, 9.17) is 26.0 Å². The van der Waals surface area contributed by atoms with Crippen molar-refractivity contribution in [2.24, 2.45) is 0 Å². The van der Waals surface area contributed by atoms with Crippen molar-refractivity contribution in [3.8, 4) is 28.6 Å². The molecule has 0 aliphatic carbocycles. The smallest absolute Gasteiger partial charge is 0.303 e. The fourth-order valence-corrected chi connectivity index (χ4v) is 3.55. The molecule has 0 fully saturated rings. The van der Waals surface area contributed by atoms with Gasteiger partial charge in [0.25, 0.3) is 5.89 Å². The van der Waals surface area contributed by atoms with Gasteiger partial charge in [-0.05, 0) is 43.5 Å². The summed E-state index contributed by atoms with van der Waals surface area (Å²) in [5, 5.41) is 15.3. The number of halogens is 1. The maximum Gasteiger partial charge on any atom is 0.303 e. The van der Waals surface area contributed by atoms with Crippen molar-refractivity contribution in [1.82, 2.24) is 15.1 Å². The van der Waals surface area contributed by atoms with E-state index in [0.717, 1.165) is 22.0 Å². The van der Waals surface area contributed by atoms with E-state index in [1.54, 1.807) is 18.3 Å². The van der Waals surface area contributed by atoms with Crippen LogP contribution in [-0.2, 0) is 11.2 Å². The third-order valence-corrected chi connectivity index (χ3v) is 4.97. The normalized spacial score (nSPS) is 11.2. The molecule has 1 N–H and O–H groups in total. The van der Waals surface area contributed by atoms with E-state index in [-0.39, 0.29) is 12.5 Å². The highest BCUT2D eigenvalue weighted by molar-refractivity contribution is 6.32. The number of pyridine rings is 1. The number of aryl methyl sites for hydroxylation is 1. The van der Waals surface area contributed by atoms with Gasteiger partial charge in [-0.2, -0.15) is 4.98 Å². The van der Waals surface area contributed by atoms with Crippen molar-refractivity contribution in [1.29, 1.82) is 0 Å². The molecule has 0 bridgehead atoms. The predicted molar refractivity (Wildman–Crippen MR) is 117 cm³/mol. The van der Waals surface area contributed by atoms with Crippen LogP contribution in [0.3, 0.4) is 0 Å². The Kier molecular flexibility index (Phi) is 5.86. The molecule has 7 nitrogen and oxygen atoms in total. The Hall–Kier alpha value is -3.45. The molecule has 0 radical (unpaired) electrons. The average Bonchev–Trinajstić information content (AvgIpc) is 3.23. The minimum atomic E-state index is -0.860.